The first kappa shape index (κ1) is 18.1. The molecule has 0 unspecified atom stereocenters. The fraction of sp³-hybridized carbons (Fsp3) is 0.167. The van der Waals surface area contributed by atoms with E-state index in [4.69, 9.17) is 0 Å². The zero-order valence-corrected chi connectivity index (χ0v) is 15.6. The summed E-state index contributed by atoms with van der Waals surface area (Å²) in [5, 5.41) is 13.7. The highest BCUT2D eigenvalue weighted by Gasteiger charge is 2.46. The van der Waals surface area contributed by atoms with Gasteiger partial charge in [-0.15, -0.1) is 0 Å². The molecule has 1 amide bonds. The van der Waals surface area contributed by atoms with Crippen molar-refractivity contribution in [3.8, 4) is 11.1 Å². The van der Waals surface area contributed by atoms with Gasteiger partial charge in [-0.2, -0.15) is 0 Å². The maximum atomic E-state index is 12.8. The molecule has 4 heteroatoms. The van der Waals surface area contributed by atoms with E-state index in [0.29, 0.717) is 16.8 Å². The zero-order chi connectivity index (χ0) is 19.7. The zero-order valence-electron chi connectivity index (χ0n) is 15.6. The van der Waals surface area contributed by atoms with Crippen LogP contribution in [0.2, 0.25) is 0 Å². The van der Waals surface area contributed by atoms with E-state index in [0.717, 1.165) is 23.1 Å². The second kappa shape index (κ2) is 7.06. The Balaban J connectivity index is 1.59. The van der Waals surface area contributed by atoms with Crippen LogP contribution in [0.4, 0.5) is 5.69 Å². The van der Waals surface area contributed by atoms with E-state index >= 15 is 0 Å². The lowest BCUT2D eigenvalue weighted by Gasteiger charge is -2.20. The van der Waals surface area contributed by atoms with E-state index in [1.54, 1.807) is 24.3 Å². The highest BCUT2D eigenvalue weighted by Crippen LogP contribution is 2.39. The number of benzene rings is 3. The van der Waals surface area contributed by atoms with E-state index in [9.17, 15) is 14.7 Å². The topological polar surface area (TPSA) is 66.4 Å². The van der Waals surface area contributed by atoms with Crippen molar-refractivity contribution < 1.29 is 14.7 Å². The number of carbonyl (C=O) groups is 2. The summed E-state index contributed by atoms with van der Waals surface area (Å²) >= 11 is 0. The molecule has 0 spiro atoms. The third-order valence-electron chi connectivity index (χ3n) is 5.29. The van der Waals surface area contributed by atoms with E-state index < -0.39 is 11.5 Å². The number of Topliss-reactive ketones (excluding diaryl/α,β-unsaturated/α-hetero) is 1. The molecule has 0 radical (unpaired) electrons. The van der Waals surface area contributed by atoms with Gasteiger partial charge >= 0.3 is 0 Å². The van der Waals surface area contributed by atoms with Gasteiger partial charge in [0.2, 0.25) is 0 Å². The molecule has 0 bridgehead atoms. The van der Waals surface area contributed by atoms with Crippen molar-refractivity contribution in [1.29, 1.82) is 0 Å². The van der Waals surface area contributed by atoms with E-state index in [1.807, 2.05) is 55.5 Å². The van der Waals surface area contributed by atoms with Crippen LogP contribution in [0.15, 0.2) is 72.8 Å². The Hall–Kier alpha value is -3.24. The molecule has 0 saturated heterocycles. The van der Waals surface area contributed by atoms with Crippen LogP contribution in [0.25, 0.3) is 11.1 Å². The van der Waals surface area contributed by atoms with Gasteiger partial charge < -0.3 is 10.4 Å². The Labute approximate surface area is 163 Å². The van der Waals surface area contributed by atoms with Crippen LogP contribution in [-0.4, -0.2) is 16.8 Å². The number of aryl methyl sites for hydroxylation is 1. The van der Waals surface area contributed by atoms with E-state index in [1.165, 1.54) is 0 Å². The minimum absolute atomic E-state index is 0.271. The van der Waals surface area contributed by atoms with Crippen molar-refractivity contribution in [3.63, 3.8) is 0 Å². The van der Waals surface area contributed by atoms with Crippen molar-refractivity contribution >= 4 is 17.4 Å². The normalized spacial score (nSPS) is 17.9. The second-order valence-corrected chi connectivity index (χ2v) is 7.09. The Morgan fingerprint density at radius 1 is 0.964 bits per heavy atom. The first-order chi connectivity index (χ1) is 13.5. The molecule has 0 aromatic heterocycles. The van der Waals surface area contributed by atoms with Crippen molar-refractivity contribution in [2.75, 3.05) is 5.32 Å². The molecule has 140 valence electrons. The number of rotatable bonds is 5. The number of carbonyl (C=O) groups excluding carboxylic acids is 2. The van der Waals surface area contributed by atoms with Crippen molar-refractivity contribution in [2.45, 2.75) is 25.4 Å². The lowest BCUT2D eigenvalue weighted by Crippen LogP contribution is -2.36. The van der Waals surface area contributed by atoms with Gasteiger partial charge in [0.05, 0.1) is 6.42 Å². The molecule has 2 N–H and O–H groups in total. The Morgan fingerprint density at radius 3 is 2.32 bits per heavy atom. The van der Waals surface area contributed by atoms with Gasteiger partial charge in [0, 0.05) is 16.8 Å². The lowest BCUT2D eigenvalue weighted by atomic mass is 9.87. The smallest absolute Gasteiger partial charge is 0.261 e. The molecular weight excluding hydrogens is 350 g/mol. The maximum absolute atomic E-state index is 12.8. The van der Waals surface area contributed by atoms with Gasteiger partial charge in [-0.25, -0.2) is 0 Å². The van der Waals surface area contributed by atoms with Gasteiger partial charge in [0.1, 0.15) is 0 Å². The van der Waals surface area contributed by atoms with Crippen molar-refractivity contribution in [2.24, 2.45) is 0 Å². The fourth-order valence-electron chi connectivity index (χ4n) is 3.60. The summed E-state index contributed by atoms with van der Waals surface area (Å²) in [7, 11) is 0. The number of hydrogen-bond acceptors (Lipinski definition) is 3. The third kappa shape index (κ3) is 3.12. The number of ketones is 1. The summed E-state index contributed by atoms with van der Waals surface area (Å²) in [5.41, 5.74) is 2.76. The van der Waals surface area contributed by atoms with E-state index in [2.05, 4.69) is 5.32 Å². The third-order valence-corrected chi connectivity index (χ3v) is 5.29. The summed E-state index contributed by atoms with van der Waals surface area (Å²) in [4.78, 5) is 25.3. The van der Waals surface area contributed by atoms with Crippen LogP contribution in [0.1, 0.15) is 34.8 Å². The highest BCUT2D eigenvalue weighted by atomic mass is 16.3. The van der Waals surface area contributed by atoms with Crippen LogP contribution < -0.4 is 5.32 Å². The molecule has 0 fully saturated rings. The molecule has 0 saturated carbocycles. The predicted octanol–water partition coefficient (Wildman–Crippen LogP) is 4.33. The molecule has 4 nitrogen and oxygen atoms in total. The molecule has 1 aliphatic rings. The minimum atomic E-state index is -1.84. The van der Waals surface area contributed by atoms with Crippen LogP contribution in [0.3, 0.4) is 0 Å². The van der Waals surface area contributed by atoms with Crippen LogP contribution >= 0.6 is 0 Å². The van der Waals surface area contributed by atoms with Crippen LogP contribution in [0, 0.1) is 0 Å². The predicted molar refractivity (Wildman–Crippen MR) is 109 cm³/mol. The molecule has 28 heavy (non-hydrogen) atoms. The lowest BCUT2D eigenvalue weighted by molar-refractivity contribution is -0.133. The highest BCUT2D eigenvalue weighted by molar-refractivity contribution is 6.09. The first-order valence-electron chi connectivity index (χ1n) is 9.37. The Kier molecular flexibility index (Phi) is 4.57. The number of aliphatic hydroxyl groups is 1. The van der Waals surface area contributed by atoms with E-state index in [-0.39, 0.29) is 12.2 Å². The molecule has 1 atom stereocenters. The number of anilines is 1. The average Bonchev–Trinajstić information content (AvgIpc) is 2.98. The maximum Gasteiger partial charge on any atom is 0.261 e. The Morgan fingerprint density at radius 2 is 1.64 bits per heavy atom. The standard InChI is InChI=1S/C24H21NO3/c1-2-16-8-13-21-20(14-16)24(28,23(27)25-21)15-22(26)19-11-9-18(10-12-19)17-6-4-3-5-7-17/h3-14,28H,2,15H2,1H3,(H,25,27)/t24-/m0/s1. The Bertz CT molecular complexity index is 1040. The van der Waals surface area contributed by atoms with Gasteiger partial charge in [-0.3, -0.25) is 9.59 Å². The number of amides is 1. The molecule has 0 aliphatic carbocycles. The molecule has 1 aliphatic heterocycles. The second-order valence-electron chi connectivity index (χ2n) is 7.09. The van der Waals surface area contributed by atoms with Gasteiger partial charge in [0.25, 0.3) is 5.91 Å². The first-order valence-corrected chi connectivity index (χ1v) is 9.37. The minimum Gasteiger partial charge on any atom is -0.375 e. The summed E-state index contributed by atoms with van der Waals surface area (Å²) in [6.07, 6.45) is 0.496. The molecule has 4 rings (SSSR count). The number of nitrogens with one attached hydrogen (secondary N) is 1. The summed E-state index contributed by atoms with van der Waals surface area (Å²) in [6.45, 7) is 2.00. The van der Waals surface area contributed by atoms with Gasteiger partial charge in [-0.05, 0) is 29.2 Å². The quantitative estimate of drug-likeness (QED) is 0.656. The summed E-state index contributed by atoms with van der Waals surface area (Å²) in [6, 6.07) is 22.6. The molecule has 3 aromatic carbocycles. The van der Waals surface area contributed by atoms with Crippen molar-refractivity contribution in [1.82, 2.24) is 0 Å². The fourth-order valence-corrected chi connectivity index (χ4v) is 3.60. The molecular formula is C24H21NO3. The van der Waals surface area contributed by atoms with Crippen molar-refractivity contribution in [3.05, 3.63) is 89.5 Å². The molecule has 3 aromatic rings. The summed E-state index contributed by atoms with van der Waals surface area (Å²) < 4.78 is 0. The monoisotopic (exact) mass is 371 g/mol. The van der Waals surface area contributed by atoms with Crippen LogP contribution in [0.5, 0.6) is 0 Å². The van der Waals surface area contributed by atoms with Gasteiger partial charge in [0.15, 0.2) is 11.4 Å². The SMILES string of the molecule is CCc1ccc2c(c1)[C@@](O)(CC(=O)c1ccc(-c3ccccc3)cc1)C(=O)N2. The largest absolute Gasteiger partial charge is 0.375 e. The number of hydrogen-bond donors (Lipinski definition) is 2. The average molecular weight is 371 g/mol. The molecule has 1 heterocycles. The number of fused-ring (bicyclic) bond motifs is 1. The van der Waals surface area contributed by atoms with Gasteiger partial charge in [-0.1, -0.05) is 73.7 Å². The van der Waals surface area contributed by atoms with Crippen LogP contribution in [-0.2, 0) is 16.8 Å². The summed E-state index contributed by atoms with van der Waals surface area (Å²) in [5.74, 6) is -0.822.